The molecule has 0 heterocycles. The fourth-order valence-electron chi connectivity index (χ4n) is 2.79. The van der Waals surface area contributed by atoms with Crippen LogP contribution in [0.15, 0.2) is 0 Å². The van der Waals surface area contributed by atoms with E-state index >= 15 is 0 Å². The maximum atomic E-state index is 13.6. The Morgan fingerprint density at radius 2 is 1.08 bits per heavy atom. The van der Waals surface area contributed by atoms with Gasteiger partial charge in [-0.3, -0.25) is 4.74 Å². The minimum Gasteiger partial charge on any atom is -0.394 e. The lowest BCUT2D eigenvalue weighted by molar-refractivity contribution is -0.396. The molecule has 0 spiro atoms. The Morgan fingerprint density at radius 1 is 0.595 bits per heavy atom. The first-order valence-corrected chi connectivity index (χ1v) is 12.5. The molecular formula is C23H44F4O10. The van der Waals surface area contributed by atoms with Crippen molar-refractivity contribution in [1.29, 1.82) is 0 Å². The summed E-state index contributed by atoms with van der Waals surface area (Å²) >= 11 is 0. The van der Waals surface area contributed by atoms with E-state index in [2.05, 4.69) is 21.1 Å². The lowest BCUT2D eigenvalue weighted by Crippen LogP contribution is -2.40. The predicted molar refractivity (Wildman–Crippen MR) is 124 cm³/mol. The van der Waals surface area contributed by atoms with Crippen molar-refractivity contribution < 1.29 is 66.0 Å². The monoisotopic (exact) mass is 556 g/mol. The first-order valence-electron chi connectivity index (χ1n) is 12.5. The molecule has 0 aromatic heterocycles. The molecule has 0 amide bonds. The Morgan fingerprint density at radius 3 is 1.70 bits per heavy atom. The van der Waals surface area contributed by atoms with Crippen molar-refractivity contribution in [3.05, 3.63) is 0 Å². The van der Waals surface area contributed by atoms with Crippen LogP contribution < -0.4 is 0 Å². The van der Waals surface area contributed by atoms with E-state index in [1.54, 1.807) is 0 Å². The van der Waals surface area contributed by atoms with Gasteiger partial charge in [0, 0.05) is 6.61 Å². The van der Waals surface area contributed by atoms with E-state index in [0.29, 0.717) is 6.61 Å². The number of unbranched alkanes of at least 4 members (excludes halogenated alkanes) is 5. The molecule has 0 radical (unpaired) electrons. The Labute approximate surface area is 216 Å². The molecule has 2 atom stereocenters. The maximum Gasteiger partial charge on any atom is 0.383 e. The van der Waals surface area contributed by atoms with Gasteiger partial charge in [0.1, 0.15) is 32.2 Å². The molecule has 0 aromatic carbocycles. The highest BCUT2D eigenvalue weighted by molar-refractivity contribution is 4.60. The number of hydrogen-bond donors (Lipinski definition) is 3. The summed E-state index contributed by atoms with van der Waals surface area (Å²) < 4.78 is 87.2. The molecule has 0 aliphatic carbocycles. The van der Waals surface area contributed by atoms with Gasteiger partial charge in [-0.25, -0.2) is 0 Å². The van der Waals surface area contributed by atoms with E-state index < -0.39 is 51.0 Å². The number of halogens is 4. The van der Waals surface area contributed by atoms with Gasteiger partial charge in [0.2, 0.25) is 0 Å². The average molecular weight is 557 g/mol. The standard InChI is InChI=1S/C23H44F4O10/c1-2-3-4-5-6-7-9-31-13-21(30)16-35-17-22(24,25)37-23(26,27)18-36-19-34-12-11-33-15-20(29)14-32-10-8-28/h20-21,28-30H,2-19H2,1H3. The van der Waals surface area contributed by atoms with Crippen LogP contribution in [-0.4, -0.2) is 119 Å². The lowest BCUT2D eigenvalue weighted by atomic mass is 10.1. The molecule has 224 valence electrons. The van der Waals surface area contributed by atoms with Crippen LogP contribution in [0.1, 0.15) is 45.4 Å². The summed E-state index contributed by atoms with van der Waals surface area (Å²) in [6.45, 7) is -1.91. The molecule has 37 heavy (non-hydrogen) atoms. The molecule has 0 bridgehead atoms. The number of ether oxygens (including phenoxy) is 7. The fraction of sp³-hybridized carbons (Fsp3) is 1.00. The van der Waals surface area contributed by atoms with Crippen molar-refractivity contribution in [2.75, 3.05) is 79.5 Å². The molecule has 0 fully saturated rings. The van der Waals surface area contributed by atoms with Crippen LogP contribution in [0.3, 0.4) is 0 Å². The number of aliphatic hydroxyl groups excluding tert-OH is 3. The second kappa shape index (κ2) is 23.2. The van der Waals surface area contributed by atoms with Crippen molar-refractivity contribution in [2.24, 2.45) is 0 Å². The van der Waals surface area contributed by atoms with Gasteiger partial charge < -0.3 is 43.7 Å². The Kier molecular flexibility index (Phi) is 22.8. The summed E-state index contributed by atoms with van der Waals surface area (Å²) in [6, 6.07) is 0. The van der Waals surface area contributed by atoms with Crippen LogP contribution in [0.25, 0.3) is 0 Å². The lowest BCUT2D eigenvalue weighted by Gasteiger charge is -2.24. The highest BCUT2D eigenvalue weighted by atomic mass is 19.3. The van der Waals surface area contributed by atoms with E-state index in [1.807, 2.05) is 0 Å². The predicted octanol–water partition coefficient (Wildman–Crippen LogP) is 2.32. The van der Waals surface area contributed by atoms with Gasteiger partial charge >= 0.3 is 12.2 Å². The Bertz CT molecular complexity index is 506. The van der Waals surface area contributed by atoms with E-state index in [0.717, 1.165) is 32.1 Å². The van der Waals surface area contributed by atoms with Crippen molar-refractivity contribution in [1.82, 2.24) is 0 Å². The van der Waals surface area contributed by atoms with Crippen molar-refractivity contribution >= 4 is 0 Å². The first-order chi connectivity index (χ1) is 17.6. The van der Waals surface area contributed by atoms with E-state index in [4.69, 9.17) is 24.1 Å². The largest absolute Gasteiger partial charge is 0.394 e. The average Bonchev–Trinajstić information content (AvgIpc) is 2.81. The number of rotatable bonds is 28. The van der Waals surface area contributed by atoms with Crippen LogP contribution in [-0.2, 0) is 33.2 Å². The Balaban J connectivity index is 3.78. The smallest absolute Gasteiger partial charge is 0.383 e. The second-order valence-corrected chi connectivity index (χ2v) is 8.29. The van der Waals surface area contributed by atoms with Gasteiger partial charge in [-0.05, 0) is 6.42 Å². The zero-order valence-electron chi connectivity index (χ0n) is 21.6. The van der Waals surface area contributed by atoms with Gasteiger partial charge in [-0.2, -0.15) is 17.6 Å². The van der Waals surface area contributed by atoms with Gasteiger partial charge in [-0.1, -0.05) is 39.0 Å². The van der Waals surface area contributed by atoms with Crippen molar-refractivity contribution in [2.45, 2.75) is 69.9 Å². The first kappa shape index (κ1) is 36.3. The summed E-state index contributed by atoms with van der Waals surface area (Å²) in [7, 11) is 0. The molecule has 0 aromatic rings. The summed E-state index contributed by atoms with van der Waals surface area (Å²) in [5, 5.41) is 27.7. The van der Waals surface area contributed by atoms with Crippen molar-refractivity contribution in [3.63, 3.8) is 0 Å². The third-order valence-corrected chi connectivity index (χ3v) is 4.50. The minimum absolute atomic E-state index is 0.0126. The summed E-state index contributed by atoms with van der Waals surface area (Å²) in [6.07, 6.45) is -4.28. The van der Waals surface area contributed by atoms with Crippen LogP contribution in [0.5, 0.6) is 0 Å². The van der Waals surface area contributed by atoms with E-state index in [-0.39, 0.29) is 46.2 Å². The van der Waals surface area contributed by atoms with E-state index in [9.17, 15) is 27.8 Å². The molecule has 0 aliphatic rings. The number of hydrogen-bond acceptors (Lipinski definition) is 10. The molecule has 0 saturated heterocycles. The Hall–Kier alpha value is -0.680. The molecule has 3 N–H and O–H groups in total. The number of alkyl halides is 4. The second-order valence-electron chi connectivity index (χ2n) is 8.29. The normalized spacial score (nSPS) is 14.3. The van der Waals surface area contributed by atoms with Gasteiger partial charge in [-0.15, -0.1) is 0 Å². The van der Waals surface area contributed by atoms with Gasteiger partial charge in [0.15, 0.2) is 0 Å². The topological polar surface area (TPSA) is 125 Å². The number of aliphatic hydroxyl groups is 3. The third kappa shape index (κ3) is 25.4. The zero-order chi connectivity index (χ0) is 27.8. The van der Waals surface area contributed by atoms with Crippen LogP contribution in [0.4, 0.5) is 17.6 Å². The van der Waals surface area contributed by atoms with Crippen LogP contribution >= 0.6 is 0 Å². The molecule has 10 nitrogen and oxygen atoms in total. The SMILES string of the molecule is CCCCCCCCOCC(O)COCC(F)(F)OC(F)(F)COCOCCOCC(O)COCCO. The molecule has 2 unspecified atom stereocenters. The molecule has 0 saturated carbocycles. The highest BCUT2D eigenvalue weighted by Crippen LogP contribution is 2.27. The summed E-state index contributed by atoms with van der Waals surface area (Å²) in [5.41, 5.74) is 0. The van der Waals surface area contributed by atoms with Gasteiger partial charge in [0.25, 0.3) is 0 Å². The third-order valence-electron chi connectivity index (χ3n) is 4.50. The molecule has 0 rings (SSSR count). The maximum absolute atomic E-state index is 13.6. The van der Waals surface area contributed by atoms with Gasteiger partial charge in [0.05, 0.1) is 52.9 Å². The molecular weight excluding hydrogens is 512 g/mol. The molecule has 14 heteroatoms. The van der Waals surface area contributed by atoms with Crippen LogP contribution in [0.2, 0.25) is 0 Å². The molecule has 0 aliphatic heterocycles. The van der Waals surface area contributed by atoms with Crippen LogP contribution in [0, 0.1) is 0 Å². The van der Waals surface area contributed by atoms with E-state index in [1.165, 1.54) is 6.42 Å². The highest BCUT2D eigenvalue weighted by Gasteiger charge is 2.44. The zero-order valence-corrected chi connectivity index (χ0v) is 21.6. The summed E-state index contributed by atoms with van der Waals surface area (Å²) in [5.74, 6) is 0. The quantitative estimate of drug-likeness (QED) is 0.0751. The minimum atomic E-state index is -4.32. The summed E-state index contributed by atoms with van der Waals surface area (Å²) in [4.78, 5) is 0. The fourth-order valence-corrected chi connectivity index (χ4v) is 2.79. The van der Waals surface area contributed by atoms with Crippen molar-refractivity contribution in [3.8, 4) is 0 Å².